The molecular formula is C55H39NO. The van der Waals surface area contributed by atoms with Gasteiger partial charge in [-0.2, -0.15) is 0 Å². The third-order valence-electron chi connectivity index (χ3n) is 12.1. The minimum Gasteiger partial charge on any atom is -0.456 e. The molecule has 270 valence electrons. The van der Waals surface area contributed by atoms with E-state index in [2.05, 4.69) is 213 Å². The number of nitrogens with zero attached hydrogens (tertiary/aromatic N) is 1. The average Bonchev–Trinajstić information content (AvgIpc) is 3.77. The van der Waals surface area contributed by atoms with Crippen molar-refractivity contribution in [1.29, 1.82) is 0 Å². The Morgan fingerprint density at radius 1 is 0.386 bits per heavy atom. The number of furan rings is 1. The maximum Gasteiger partial charge on any atom is 0.137 e. The number of hydrogen-bond donors (Lipinski definition) is 0. The number of hydrogen-bond acceptors (Lipinski definition) is 2. The highest BCUT2D eigenvalue weighted by atomic mass is 16.3. The van der Waals surface area contributed by atoms with E-state index < -0.39 is 0 Å². The highest BCUT2D eigenvalue weighted by molar-refractivity contribution is 6.14. The van der Waals surface area contributed by atoms with E-state index in [-0.39, 0.29) is 5.41 Å². The van der Waals surface area contributed by atoms with Crippen LogP contribution in [0.1, 0.15) is 25.0 Å². The van der Waals surface area contributed by atoms with Crippen LogP contribution in [0.2, 0.25) is 0 Å². The van der Waals surface area contributed by atoms with E-state index in [1.165, 1.54) is 66.4 Å². The molecular weight excluding hydrogens is 691 g/mol. The largest absolute Gasteiger partial charge is 0.456 e. The Labute approximate surface area is 332 Å². The van der Waals surface area contributed by atoms with Gasteiger partial charge in [-0.25, -0.2) is 0 Å². The van der Waals surface area contributed by atoms with E-state index in [1.807, 2.05) is 6.07 Å². The minimum atomic E-state index is -0.114. The second-order valence-electron chi connectivity index (χ2n) is 15.7. The molecule has 57 heavy (non-hydrogen) atoms. The Hall–Kier alpha value is -7.16. The van der Waals surface area contributed by atoms with Crippen LogP contribution in [-0.2, 0) is 5.41 Å². The van der Waals surface area contributed by atoms with Crippen molar-refractivity contribution in [2.45, 2.75) is 19.3 Å². The number of rotatable bonds is 6. The van der Waals surface area contributed by atoms with Gasteiger partial charge in [0.1, 0.15) is 11.2 Å². The normalized spacial score (nSPS) is 12.9. The molecule has 0 aliphatic heterocycles. The summed E-state index contributed by atoms with van der Waals surface area (Å²) in [6.07, 6.45) is 0. The van der Waals surface area contributed by atoms with Crippen molar-refractivity contribution < 1.29 is 4.42 Å². The third kappa shape index (κ3) is 5.33. The Morgan fingerprint density at radius 2 is 0.895 bits per heavy atom. The first-order chi connectivity index (χ1) is 28.0. The molecule has 0 saturated heterocycles. The van der Waals surface area contributed by atoms with Crippen molar-refractivity contribution in [2.24, 2.45) is 0 Å². The van der Waals surface area contributed by atoms with Crippen LogP contribution in [0.4, 0.5) is 17.1 Å². The van der Waals surface area contributed by atoms with Gasteiger partial charge in [0.15, 0.2) is 0 Å². The van der Waals surface area contributed by atoms with E-state index in [0.717, 1.165) is 39.0 Å². The van der Waals surface area contributed by atoms with Gasteiger partial charge in [-0.05, 0) is 97.2 Å². The Bertz CT molecular complexity index is 3130. The molecule has 0 unspecified atom stereocenters. The number of para-hydroxylation sites is 1. The van der Waals surface area contributed by atoms with E-state index in [9.17, 15) is 0 Å². The summed E-state index contributed by atoms with van der Waals surface area (Å²) in [6, 6.07) is 72.5. The average molecular weight is 730 g/mol. The van der Waals surface area contributed by atoms with Crippen molar-refractivity contribution in [3.63, 3.8) is 0 Å². The molecule has 0 bridgehead atoms. The van der Waals surface area contributed by atoms with Crippen molar-refractivity contribution in [3.8, 4) is 44.5 Å². The first-order valence-corrected chi connectivity index (χ1v) is 19.8. The first kappa shape index (κ1) is 33.2. The van der Waals surface area contributed by atoms with Gasteiger partial charge in [-0.1, -0.05) is 178 Å². The van der Waals surface area contributed by atoms with Gasteiger partial charge >= 0.3 is 0 Å². The van der Waals surface area contributed by atoms with Gasteiger partial charge in [0, 0.05) is 22.1 Å². The van der Waals surface area contributed by atoms with Crippen molar-refractivity contribution >= 4 is 49.8 Å². The fourth-order valence-electron chi connectivity index (χ4n) is 9.25. The van der Waals surface area contributed by atoms with E-state index >= 15 is 0 Å². The second kappa shape index (κ2) is 13.0. The van der Waals surface area contributed by atoms with Crippen LogP contribution in [-0.4, -0.2) is 0 Å². The lowest BCUT2D eigenvalue weighted by atomic mass is 9.82. The van der Waals surface area contributed by atoms with Crippen molar-refractivity contribution in [1.82, 2.24) is 0 Å². The van der Waals surface area contributed by atoms with E-state index in [1.54, 1.807) is 0 Å². The highest BCUT2D eigenvalue weighted by Gasteiger charge is 2.38. The summed E-state index contributed by atoms with van der Waals surface area (Å²) in [6.45, 7) is 4.69. The summed E-state index contributed by atoms with van der Waals surface area (Å²) in [4.78, 5) is 2.44. The topological polar surface area (TPSA) is 16.4 Å². The predicted octanol–water partition coefficient (Wildman–Crippen LogP) is 15.5. The molecule has 0 N–H and O–H groups in total. The van der Waals surface area contributed by atoms with Crippen LogP contribution in [0.25, 0.3) is 77.2 Å². The quantitative estimate of drug-likeness (QED) is 0.169. The van der Waals surface area contributed by atoms with Crippen LogP contribution in [0.3, 0.4) is 0 Å². The van der Waals surface area contributed by atoms with Gasteiger partial charge < -0.3 is 9.32 Å². The summed E-state index contributed by atoms with van der Waals surface area (Å²) >= 11 is 0. The van der Waals surface area contributed by atoms with E-state index in [0.29, 0.717) is 0 Å². The Kier molecular flexibility index (Phi) is 7.55. The lowest BCUT2D eigenvalue weighted by Gasteiger charge is -2.29. The van der Waals surface area contributed by atoms with Crippen LogP contribution in [0, 0.1) is 0 Å². The first-order valence-electron chi connectivity index (χ1n) is 19.8. The fraction of sp³-hybridized carbons (Fsp3) is 0.0545. The monoisotopic (exact) mass is 729 g/mol. The zero-order chi connectivity index (χ0) is 38.1. The molecule has 0 fully saturated rings. The highest BCUT2D eigenvalue weighted by Crippen LogP contribution is 2.55. The van der Waals surface area contributed by atoms with E-state index in [4.69, 9.17) is 4.42 Å². The van der Waals surface area contributed by atoms with Gasteiger partial charge in [-0.15, -0.1) is 0 Å². The Balaban J connectivity index is 0.977. The van der Waals surface area contributed by atoms with Crippen molar-refractivity contribution in [3.05, 3.63) is 211 Å². The van der Waals surface area contributed by atoms with Crippen LogP contribution in [0.15, 0.2) is 205 Å². The minimum absolute atomic E-state index is 0.114. The van der Waals surface area contributed by atoms with Crippen molar-refractivity contribution in [2.75, 3.05) is 4.90 Å². The van der Waals surface area contributed by atoms with Gasteiger partial charge in [0.25, 0.3) is 0 Å². The van der Waals surface area contributed by atoms with Crippen LogP contribution >= 0.6 is 0 Å². The summed E-state index contributed by atoms with van der Waals surface area (Å²) in [7, 11) is 0. The molecule has 1 aliphatic carbocycles. The standard InChI is InChI=1S/C55H39NO/c1-55(2)47-18-7-5-15-45(47)53-48(55)19-10-20-49(53)56(50-21-11-23-52-54(50)46-16-6-8-22-51(46)57-52)42-34-32-39(33-35-42)37-26-24-36(25-27-37)38-28-30-41(31-29-38)44-17-9-13-40-12-3-4-14-43(40)44/h3-35H,1-2H3. The molecule has 0 atom stereocenters. The number of anilines is 3. The summed E-state index contributed by atoms with van der Waals surface area (Å²) < 4.78 is 6.43. The predicted molar refractivity (Wildman–Crippen MR) is 240 cm³/mol. The molecule has 1 aromatic heterocycles. The molecule has 0 amide bonds. The smallest absolute Gasteiger partial charge is 0.137 e. The number of fused-ring (bicyclic) bond motifs is 7. The third-order valence-corrected chi connectivity index (χ3v) is 12.1. The summed E-state index contributed by atoms with van der Waals surface area (Å²) in [5, 5.41) is 4.76. The molecule has 2 nitrogen and oxygen atoms in total. The Morgan fingerprint density at radius 3 is 1.65 bits per heavy atom. The molecule has 0 spiro atoms. The molecule has 0 saturated carbocycles. The molecule has 2 heteroatoms. The molecule has 11 rings (SSSR count). The lowest BCUT2D eigenvalue weighted by molar-refractivity contribution is 0.660. The molecule has 1 aliphatic rings. The molecule has 0 radical (unpaired) electrons. The maximum absolute atomic E-state index is 6.43. The zero-order valence-electron chi connectivity index (χ0n) is 31.9. The molecule has 10 aromatic rings. The van der Waals surface area contributed by atoms with Gasteiger partial charge in [-0.3, -0.25) is 0 Å². The molecule has 1 heterocycles. The molecule has 9 aromatic carbocycles. The lowest BCUT2D eigenvalue weighted by Crippen LogP contribution is -2.16. The van der Waals surface area contributed by atoms with Crippen LogP contribution < -0.4 is 4.90 Å². The SMILES string of the molecule is CC1(C)c2ccccc2-c2c(N(c3ccc(-c4ccc(-c5ccc(-c6cccc7ccccc67)cc5)cc4)cc3)c3cccc4oc5ccccc5c34)cccc21. The maximum atomic E-state index is 6.43. The fourth-order valence-corrected chi connectivity index (χ4v) is 9.25. The van der Waals surface area contributed by atoms with Gasteiger partial charge in [0.2, 0.25) is 0 Å². The summed E-state index contributed by atoms with van der Waals surface area (Å²) in [5.41, 5.74) is 17.5. The van der Waals surface area contributed by atoms with Crippen LogP contribution in [0.5, 0.6) is 0 Å². The van der Waals surface area contributed by atoms with Gasteiger partial charge in [0.05, 0.1) is 16.8 Å². The summed E-state index contributed by atoms with van der Waals surface area (Å²) in [5.74, 6) is 0. The number of benzene rings is 9. The second-order valence-corrected chi connectivity index (χ2v) is 15.7. The zero-order valence-corrected chi connectivity index (χ0v) is 31.9.